The number of rotatable bonds is 6. The highest BCUT2D eigenvalue weighted by molar-refractivity contribution is 6.31. The van der Waals surface area contributed by atoms with Crippen molar-refractivity contribution in [2.45, 2.75) is 37.8 Å². The number of hydrogen-bond donors (Lipinski definition) is 0. The Kier molecular flexibility index (Phi) is 5.04. The van der Waals surface area contributed by atoms with Crippen LogP contribution in [0.5, 0.6) is 0 Å². The summed E-state index contributed by atoms with van der Waals surface area (Å²) in [7, 11) is 3.26. The number of nitrogens with zero attached hydrogens (tertiary/aromatic N) is 5. The van der Waals surface area contributed by atoms with E-state index in [0.717, 1.165) is 31.2 Å². The normalized spacial score (nSPS) is 16.0. The monoisotopic (exact) mass is 443 g/mol. The van der Waals surface area contributed by atoms with E-state index >= 15 is 0 Å². The van der Waals surface area contributed by atoms with Crippen molar-refractivity contribution >= 4 is 28.2 Å². The summed E-state index contributed by atoms with van der Waals surface area (Å²) < 4.78 is 19.9. The van der Waals surface area contributed by atoms with Crippen molar-refractivity contribution in [3.8, 4) is 11.6 Å². The van der Waals surface area contributed by atoms with Crippen LogP contribution in [0, 0.1) is 0 Å². The molecule has 0 atom stereocenters. The minimum absolute atomic E-state index is 0.199. The highest BCUT2D eigenvalue weighted by atomic mass is 35.5. The molecule has 1 aromatic carbocycles. The molecule has 4 aromatic rings. The lowest BCUT2D eigenvalue weighted by molar-refractivity contribution is -0.0178. The van der Waals surface area contributed by atoms with Crippen LogP contribution >= 0.6 is 11.6 Å². The molecule has 0 bridgehead atoms. The second-order valence-electron chi connectivity index (χ2n) is 7.72. The van der Waals surface area contributed by atoms with Crippen LogP contribution < -0.4 is 5.56 Å². The summed E-state index contributed by atoms with van der Waals surface area (Å²) in [4.78, 5) is 22.5. The second-order valence-corrected chi connectivity index (χ2v) is 8.16. The van der Waals surface area contributed by atoms with Gasteiger partial charge >= 0.3 is 0 Å². The summed E-state index contributed by atoms with van der Waals surface area (Å²) in [5.74, 6) is 0.695. The Morgan fingerprint density at radius 2 is 2.03 bits per heavy atom. The SMILES string of the molecule is COCCn1c(=O)c2c(-c3nc(C4(OC)CCCC4)no3)ncn2c2ccc(Cl)cc21. The quantitative estimate of drug-likeness (QED) is 0.450. The Morgan fingerprint density at radius 1 is 1.23 bits per heavy atom. The van der Waals surface area contributed by atoms with E-state index in [2.05, 4.69) is 15.1 Å². The smallest absolute Gasteiger partial charge is 0.279 e. The van der Waals surface area contributed by atoms with Gasteiger partial charge in [-0.15, -0.1) is 0 Å². The average molecular weight is 444 g/mol. The van der Waals surface area contributed by atoms with Crippen LogP contribution in [0.3, 0.4) is 0 Å². The molecule has 0 spiro atoms. The molecule has 162 valence electrons. The van der Waals surface area contributed by atoms with Gasteiger partial charge in [0.05, 0.1) is 17.6 Å². The zero-order valence-electron chi connectivity index (χ0n) is 17.3. The van der Waals surface area contributed by atoms with Gasteiger partial charge in [0.15, 0.2) is 5.69 Å². The third-order valence-electron chi connectivity index (χ3n) is 6.06. The highest BCUT2D eigenvalue weighted by Crippen LogP contribution is 2.40. The molecule has 1 aliphatic carbocycles. The predicted molar refractivity (Wildman–Crippen MR) is 114 cm³/mol. The molecule has 0 aliphatic heterocycles. The molecule has 10 heteroatoms. The number of methoxy groups -OCH3 is 2. The van der Waals surface area contributed by atoms with Gasteiger partial charge in [-0.05, 0) is 43.9 Å². The maximum Gasteiger partial charge on any atom is 0.279 e. The molecule has 9 nitrogen and oxygen atoms in total. The van der Waals surface area contributed by atoms with Crippen LogP contribution in [0.4, 0.5) is 0 Å². The van der Waals surface area contributed by atoms with E-state index in [9.17, 15) is 4.79 Å². The lowest BCUT2D eigenvalue weighted by atomic mass is 10.0. The first-order chi connectivity index (χ1) is 15.1. The number of aromatic nitrogens is 5. The first kappa shape index (κ1) is 20.2. The molecule has 0 amide bonds. The minimum Gasteiger partial charge on any atom is -0.383 e. The molecule has 3 aromatic heterocycles. The van der Waals surface area contributed by atoms with Gasteiger partial charge in [0.1, 0.15) is 17.4 Å². The van der Waals surface area contributed by atoms with Crippen LogP contribution in [0.2, 0.25) is 5.02 Å². The van der Waals surface area contributed by atoms with Gasteiger partial charge in [-0.2, -0.15) is 4.98 Å². The molecule has 1 fully saturated rings. The van der Waals surface area contributed by atoms with Crippen LogP contribution in [-0.2, 0) is 21.6 Å². The molecule has 0 unspecified atom stereocenters. The fourth-order valence-electron chi connectivity index (χ4n) is 4.42. The van der Waals surface area contributed by atoms with Crippen molar-refractivity contribution < 1.29 is 14.0 Å². The van der Waals surface area contributed by atoms with E-state index in [0.29, 0.717) is 40.7 Å². The van der Waals surface area contributed by atoms with Gasteiger partial charge in [0.2, 0.25) is 5.82 Å². The molecule has 0 radical (unpaired) electrons. The average Bonchev–Trinajstić information content (AvgIpc) is 3.52. The van der Waals surface area contributed by atoms with Gasteiger partial charge in [-0.1, -0.05) is 16.8 Å². The Bertz CT molecular complexity index is 1320. The molecule has 5 rings (SSSR count). The molecule has 1 saturated carbocycles. The van der Waals surface area contributed by atoms with Crippen LogP contribution in [0.25, 0.3) is 28.1 Å². The second kappa shape index (κ2) is 7.74. The number of fused-ring (bicyclic) bond motifs is 3. The summed E-state index contributed by atoms with van der Waals surface area (Å²) in [6, 6.07) is 5.40. The summed E-state index contributed by atoms with van der Waals surface area (Å²) in [6.07, 6.45) is 5.35. The van der Waals surface area contributed by atoms with E-state index in [1.807, 2.05) is 6.07 Å². The summed E-state index contributed by atoms with van der Waals surface area (Å²) in [5.41, 5.74) is 1.41. The lowest BCUT2D eigenvalue weighted by Gasteiger charge is -2.22. The van der Waals surface area contributed by atoms with Crippen molar-refractivity contribution in [3.05, 3.63) is 45.7 Å². The lowest BCUT2D eigenvalue weighted by Crippen LogP contribution is -2.26. The predicted octanol–water partition coefficient (Wildman–Crippen LogP) is 3.41. The van der Waals surface area contributed by atoms with Crippen molar-refractivity contribution in [3.63, 3.8) is 0 Å². The minimum atomic E-state index is -0.542. The van der Waals surface area contributed by atoms with Crippen molar-refractivity contribution in [2.24, 2.45) is 0 Å². The van der Waals surface area contributed by atoms with Gasteiger partial charge in [-0.3, -0.25) is 9.20 Å². The Labute approximate surface area is 182 Å². The van der Waals surface area contributed by atoms with Gasteiger partial charge in [0.25, 0.3) is 11.4 Å². The third kappa shape index (κ3) is 3.15. The van der Waals surface area contributed by atoms with Crippen LogP contribution in [-0.4, -0.2) is 44.9 Å². The number of imidazole rings is 1. The Hall–Kier alpha value is -2.75. The van der Waals surface area contributed by atoms with E-state index in [1.54, 1.807) is 41.6 Å². The number of ether oxygens (including phenoxy) is 2. The number of halogens is 1. The topological polar surface area (TPSA) is 96.7 Å². The molecular weight excluding hydrogens is 422 g/mol. The van der Waals surface area contributed by atoms with E-state index in [1.165, 1.54) is 0 Å². The van der Waals surface area contributed by atoms with Crippen LogP contribution in [0.1, 0.15) is 31.5 Å². The summed E-state index contributed by atoms with van der Waals surface area (Å²) >= 11 is 6.20. The van der Waals surface area contributed by atoms with E-state index in [4.69, 9.17) is 25.6 Å². The maximum atomic E-state index is 13.5. The molecule has 3 heterocycles. The van der Waals surface area contributed by atoms with Crippen molar-refractivity contribution in [1.82, 2.24) is 24.1 Å². The zero-order chi connectivity index (χ0) is 21.6. The molecular formula is C21H22ClN5O4. The largest absolute Gasteiger partial charge is 0.383 e. The highest BCUT2D eigenvalue weighted by Gasteiger charge is 2.40. The molecule has 0 saturated heterocycles. The number of benzene rings is 1. The number of hydrogen-bond acceptors (Lipinski definition) is 7. The first-order valence-electron chi connectivity index (χ1n) is 10.2. The van der Waals surface area contributed by atoms with Gasteiger partial charge in [-0.25, -0.2) is 4.98 Å². The standard InChI is InChI=1S/C21H22ClN5O4/c1-29-10-9-26-15-11-13(22)5-6-14(15)27-12-23-16(17(27)19(26)28)18-24-20(25-31-18)21(30-2)7-3-4-8-21/h5-6,11-12H,3-4,7-10H2,1-2H3. The summed E-state index contributed by atoms with van der Waals surface area (Å²) in [6.45, 7) is 0.747. The Balaban J connectivity index is 1.71. The fourth-order valence-corrected chi connectivity index (χ4v) is 4.59. The van der Waals surface area contributed by atoms with E-state index < -0.39 is 5.60 Å². The van der Waals surface area contributed by atoms with Crippen molar-refractivity contribution in [1.29, 1.82) is 0 Å². The van der Waals surface area contributed by atoms with Gasteiger partial charge in [0, 0.05) is 25.8 Å². The van der Waals surface area contributed by atoms with Gasteiger partial charge < -0.3 is 18.6 Å². The molecule has 31 heavy (non-hydrogen) atoms. The zero-order valence-corrected chi connectivity index (χ0v) is 18.1. The maximum absolute atomic E-state index is 13.5. The molecule has 1 aliphatic rings. The fraction of sp³-hybridized carbons (Fsp3) is 0.429. The Morgan fingerprint density at radius 3 is 2.77 bits per heavy atom. The van der Waals surface area contributed by atoms with Crippen LogP contribution in [0.15, 0.2) is 33.8 Å². The molecule has 0 N–H and O–H groups in total. The van der Waals surface area contributed by atoms with E-state index in [-0.39, 0.29) is 11.4 Å². The third-order valence-corrected chi connectivity index (χ3v) is 6.30. The summed E-state index contributed by atoms with van der Waals surface area (Å²) in [5, 5.41) is 4.72. The van der Waals surface area contributed by atoms with Crippen molar-refractivity contribution in [2.75, 3.05) is 20.8 Å². The first-order valence-corrected chi connectivity index (χ1v) is 10.5.